The lowest BCUT2D eigenvalue weighted by molar-refractivity contribution is -0.115. The Bertz CT molecular complexity index is 620. The lowest BCUT2D eigenvalue weighted by Gasteiger charge is -2.11. The summed E-state index contributed by atoms with van der Waals surface area (Å²) >= 11 is 0. The summed E-state index contributed by atoms with van der Waals surface area (Å²) in [7, 11) is 3.15. The third-order valence-corrected chi connectivity index (χ3v) is 3.17. The Labute approximate surface area is 124 Å². The molecule has 0 aliphatic heterocycles. The van der Waals surface area contributed by atoms with E-state index in [4.69, 9.17) is 9.47 Å². The van der Waals surface area contributed by atoms with Gasteiger partial charge >= 0.3 is 0 Å². The zero-order valence-electron chi connectivity index (χ0n) is 12.5. The van der Waals surface area contributed by atoms with Gasteiger partial charge in [-0.05, 0) is 24.6 Å². The second kappa shape index (κ2) is 6.79. The minimum atomic E-state index is -0.0922. The molecule has 0 aliphatic rings. The number of benzene rings is 2. The molecule has 2 aromatic carbocycles. The van der Waals surface area contributed by atoms with Gasteiger partial charge in [0.1, 0.15) is 11.5 Å². The molecule has 0 radical (unpaired) electrons. The van der Waals surface area contributed by atoms with Gasteiger partial charge in [0, 0.05) is 6.07 Å². The first-order valence-electron chi connectivity index (χ1n) is 6.70. The molecule has 0 unspecified atom stereocenters. The number of hydrogen-bond acceptors (Lipinski definition) is 3. The van der Waals surface area contributed by atoms with Crippen LogP contribution in [0.25, 0.3) is 0 Å². The molecule has 0 fully saturated rings. The summed E-state index contributed by atoms with van der Waals surface area (Å²) in [5.74, 6) is 1.18. The Balaban J connectivity index is 2.09. The fourth-order valence-electron chi connectivity index (χ4n) is 2.00. The van der Waals surface area contributed by atoms with Crippen molar-refractivity contribution in [2.24, 2.45) is 0 Å². The third kappa shape index (κ3) is 3.99. The van der Waals surface area contributed by atoms with Crippen LogP contribution in [0.15, 0.2) is 42.5 Å². The topological polar surface area (TPSA) is 47.6 Å². The van der Waals surface area contributed by atoms with Gasteiger partial charge in [-0.1, -0.05) is 29.8 Å². The summed E-state index contributed by atoms with van der Waals surface area (Å²) in [4.78, 5) is 12.1. The van der Waals surface area contributed by atoms with Crippen molar-refractivity contribution in [3.63, 3.8) is 0 Å². The molecule has 21 heavy (non-hydrogen) atoms. The molecule has 4 nitrogen and oxygen atoms in total. The lowest BCUT2D eigenvalue weighted by Crippen LogP contribution is -2.15. The van der Waals surface area contributed by atoms with E-state index < -0.39 is 0 Å². The van der Waals surface area contributed by atoms with Crippen LogP contribution in [-0.2, 0) is 11.2 Å². The number of amides is 1. The van der Waals surface area contributed by atoms with Crippen LogP contribution in [0.5, 0.6) is 11.5 Å². The fourth-order valence-corrected chi connectivity index (χ4v) is 2.00. The van der Waals surface area contributed by atoms with E-state index in [9.17, 15) is 4.79 Å². The van der Waals surface area contributed by atoms with E-state index in [1.807, 2.05) is 31.2 Å². The number of ether oxygens (including phenoxy) is 2. The van der Waals surface area contributed by atoms with E-state index in [0.717, 1.165) is 5.56 Å². The zero-order valence-corrected chi connectivity index (χ0v) is 12.5. The van der Waals surface area contributed by atoms with Crippen molar-refractivity contribution in [3.05, 3.63) is 53.6 Å². The largest absolute Gasteiger partial charge is 0.497 e. The first-order chi connectivity index (χ1) is 10.1. The van der Waals surface area contributed by atoms with E-state index in [2.05, 4.69) is 5.32 Å². The minimum absolute atomic E-state index is 0.0922. The van der Waals surface area contributed by atoms with E-state index >= 15 is 0 Å². The summed E-state index contributed by atoms with van der Waals surface area (Å²) in [6, 6.07) is 13.2. The second-order valence-electron chi connectivity index (χ2n) is 4.78. The van der Waals surface area contributed by atoms with E-state index in [-0.39, 0.29) is 5.91 Å². The Morgan fingerprint density at radius 2 is 1.76 bits per heavy atom. The van der Waals surface area contributed by atoms with Crippen LogP contribution in [0, 0.1) is 6.92 Å². The van der Waals surface area contributed by atoms with Gasteiger partial charge in [-0.15, -0.1) is 0 Å². The molecule has 0 atom stereocenters. The van der Waals surface area contributed by atoms with Crippen LogP contribution < -0.4 is 14.8 Å². The predicted molar refractivity (Wildman–Crippen MR) is 83.1 cm³/mol. The smallest absolute Gasteiger partial charge is 0.228 e. The van der Waals surface area contributed by atoms with Crippen molar-refractivity contribution in [2.75, 3.05) is 19.5 Å². The molecule has 2 rings (SSSR count). The predicted octanol–water partition coefficient (Wildman–Crippen LogP) is 3.19. The SMILES string of the molecule is COc1ccc(OC)c(NC(=O)Cc2ccc(C)cc2)c1. The Morgan fingerprint density at radius 1 is 1.05 bits per heavy atom. The van der Waals surface area contributed by atoms with Gasteiger partial charge < -0.3 is 14.8 Å². The molecule has 0 saturated carbocycles. The number of anilines is 1. The molecule has 0 spiro atoms. The summed E-state index contributed by atoms with van der Waals surface area (Å²) in [6.45, 7) is 2.02. The number of carbonyl (C=O) groups excluding carboxylic acids is 1. The number of rotatable bonds is 5. The molecule has 0 aliphatic carbocycles. The normalized spacial score (nSPS) is 10.0. The molecule has 0 bridgehead atoms. The van der Waals surface area contributed by atoms with Gasteiger partial charge in [-0.3, -0.25) is 4.79 Å². The van der Waals surface area contributed by atoms with Crippen LogP contribution >= 0.6 is 0 Å². The highest BCUT2D eigenvalue weighted by atomic mass is 16.5. The van der Waals surface area contributed by atoms with E-state index in [1.54, 1.807) is 32.4 Å². The van der Waals surface area contributed by atoms with Crippen LogP contribution in [-0.4, -0.2) is 20.1 Å². The summed E-state index contributed by atoms with van der Waals surface area (Å²) in [5, 5.41) is 2.86. The molecule has 0 saturated heterocycles. The van der Waals surface area contributed by atoms with Gasteiger partial charge in [0.25, 0.3) is 0 Å². The van der Waals surface area contributed by atoms with Crippen LogP contribution in [0.1, 0.15) is 11.1 Å². The van der Waals surface area contributed by atoms with Crippen molar-refractivity contribution in [1.29, 1.82) is 0 Å². The summed E-state index contributed by atoms with van der Waals surface area (Å²) in [6.07, 6.45) is 0.320. The molecule has 4 heteroatoms. The number of hydrogen-bond donors (Lipinski definition) is 1. The van der Waals surface area contributed by atoms with Crippen LogP contribution in [0.3, 0.4) is 0 Å². The molecule has 1 N–H and O–H groups in total. The van der Waals surface area contributed by atoms with Crippen LogP contribution in [0.4, 0.5) is 5.69 Å². The second-order valence-corrected chi connectivity index (χ2v) is 4.78. The van der Waals surface area contributed by atoms with Crippen molar-refractivity contribution in [1.82, 2.24) is 0 Å². The van der Waals surface area contributed by atoms with E-state index in [1.165, 1.54) is 5.56 Å². The quantitative estimate of drug-likeness (QED) is 0.917. The monoisotopic (exact) mass is 285 g/mol. The fraction of sp³-hybridized carbons (Fsp3) is 0.235. The molecule has 110 valence electrons. The molecule has 0 aromatic heterocycles. The van der Waals surface area contributed by atoms with Gasteiger partial charge in [-0.2, -0.15) is 0 Å². The first kappa shape index (κ1) is 14.9. The maximum absolute atomic E-state index is 12.1. The number of nitrogens with one attached hydrogen (secondary N) is 1. The highest BCUT2D eigenvalue weighted by molar-refractivity contribution is 5.93. The lowest BCUT2D eigenvalue weighted by atomic mass is 10.1. The average molecular weight is 285 g/mol. The summed E-state index contributed by atoms with van der Waals surface area (Å²) < 4.78 is 10.4. The highest BCUT2D eigenvalue weighted by Crippen LogP contribution is 2.28. The number of carbonyl (C=O) groups is 1. The number of aryl methyl sites for hydroxylation is 1. The molecule has 0 heterocycles. The van der Waals surface area contributed by atoms with Crippen LogP contribution in [0.2, 0.25) is 0 Å². The maximum Gasteiger partial charge on any atom is 0.228 e. The molecular formula is C17H19NO3. The Morgan fingerprint density at radius 3 is 2.38 bits per heavy atom. The maximum atomic E-state index is 12.1. The number of methoxy groups -OCH3 is 2. The van der Waals surface area contributed by atoms with Crippen molar-refractivity contribution >= 4 is 11.6 Å². The van der Waals surface area contributed by atoms with Crippen molar-refractivity contribution in [2.45, 2.75) is 13.3 Å². The van der Waals surface area contributed by atoms with Gasteiger partial charge in [0.2, 0.25) is 5.91 Å². The standard InChI is InChI=1S/C17H19NO3/c1-12-4-6-13(7-5-12)10-17(19)18-15-11-14(20-2)8-9-16(15)21-3/h4-9,11H,10H2,1-3H3,(H,18,19). The van der Waals surface area contributed by atoms with Gasteiger partial charge in [-0.25, -0.2) is 0 Å². The third-order valence-electron chi connectivity index (χ3n) is 3.17. The Kier molecular flexibility index (Phi) is 4.82. The molecular weight excluding hydrogens is 266 g/mol. The molecule has 2 aromatic rings. The average Bonchev–Trinajstić information content (AvgIpc) is 2.49. The van der Waals surface area contributed by atoms with E-state index in [0.29, 0.717) is 23.6 Å². The zero-order chi connectivity index (χ0) is 15.2. The van der Waals surface area contributed by atoms with Gasteiger partial charge in [0.15, 0.2) is 0 Å². The minimum Gasteiger partial charge on any atom is -0.497 e. The molecule has 1 amide bonds. The summed E-state index contributed by atoms with van der Waals surface area (Å²) in [5.41, 5.74) is 2.75. The highest BCUT2D eigenvalue weighted by Gasteiger charge is 2.09. The van der Waals surface area contributed by atoms with Crippen molar-refractivity contribution < 1.29 is 14.3 Å². The Hall–Kier alpha value is -2.49. The first-order valence-corrected chi connectivity index (χ1v) is 6.70. The van der Waals surface area contributed by atoms with Gasteiger partial charge in [0.05, 0.1) is 26.3 Å². The van der Waals surface area contributed by atoms with Crippen molar-refractivity contribution in [3.8, 4) is 11.5 Å².